The third-order valence-corrected chi connectivity index (χ3v) is 6.43. The van der Waals surface area contributed by atoms with E-state index >= 15 is 0 Å². The van der Waals surface area contributed by atoms with Gasteiger partial charge in [-0.1, -0.05) is 17.3 Å². The molecule has 0 bridgehead atoms. The molecule has 4 aromatic rings. The van der Waals surface area contributed by atoms with Crippen molar-refractivity contribution in [2.24, 2.45) is 14.1 Å². The van der Waals surface area contributed by atoms with Crippen molar-refractivity contribution in [1.82, 2.24) is 19.3 Å². The van der Waals surface area contributed by atoms with Crippen LogP contribution in [0.2, 0.25) is 0 Å². The molecule has 1 aliphatic heterocycles. The number of benzene rings is 2. The predicted molar refractivity (Wildman–Crippen MR) is 131 cm³/mol. The van der Waals surface area contributed by atoms with Gasteiger partial charge in [0.05, 0.1) is 22.4 Å². The van der Waals surface area contributed by atoms with Crippen LogP contribution in [0.3, 0.4) is 0 Å². The molecule has 1 N–H and O–H groups in total. The smallest absolute Gasteiger partial charge is 0.328 e. The number of fused-ring (bicyclic) bond motifs is 1. The average molecular weight is 463 g/mol. The highest BCUT2D eigenvalue weighted by atomic mass is 16.5. The molecule has 0 atom stereocenters. The van der Waals surface area contributed by atoms with E-state index in [4.69, 9.17) is 9.26 Å². The first-order chi connectivity index (χ1) is 16.5. The predicted octanol–water partition coefficient (Wildman–Crippen LogP) is 3.75. The van der Waals surface area contributed by atoms with E-state index in [9.17, 15) is 4.79 Å². The first-order valence-corrected chi connectivity index (χ1v) is 11.7. The first kappa shape index (κ1) is 22.1. The normalized spacial score (nSPS) is 14.0. The molecule has 0 spiro atoms. The van der Waals surface area contributed by atoms with Gasteiger partial charge in [0.2, 0.25) is 11.7 Å². The van der Waals surface area contributed by atoms with Crippen molar-refractivity contribution in [3.63, 3.8) is 0 Å². The Balaban J connectivity index is 1.34. The zero-order valence-electron chi connectivity index (χ0n) is 19.9. The summed E-state index contributed by atoms with van der Waals surface area (Å²) in [5, 5.41) is 7.46. The van der Waals surface area contributed by atoms with Gasteiger partial charge in [0, 0.05) is 40.7 Å². The van der Waals surface area contributed by atoms with Gasteiger partial charge in [0.1, 0.15) is 5.75 Å². The molecule has 9 heteroatoms. The highest BCUT2D eigenvalue weighted by Gasteiger charge is 2.18. The summed E-state index contributed by atoms with van der Waals surface area (Å²) < 4.78 is 14.1. The largest absolute Gasteiger partial charge is 0.485 e. The van der Waals surface area contributed by atoms with Crippen molar-refractivity contribution < 1.29 is 9.26 Å². The Morgan fingerprint density at radius 3 is 2.41 bits per heavy atom. The van der Waals surface area contributed by atoms with E-state index in [0.29, 0.717) is 18.3 Å². The number of aryl methyl sites for hydroxylation is 3. The summed E-state index contributed by atoms with van der Waals surface area (Å²) in [5.74, 6) is 1.80. The molecule has 0 saturated carbocycles. The van der Waals surface area contributed by atoms with Gasteiger partial charge in [-0.15, -0.1) is 0 Å². The molecule has 3 heterocycles. The molecule has 2 aromatic heterocycles. The number of aromatic nitrogens is 4. The summed E-state index contributed by atoms with van der Waals surface area (Å²) in [5.41, 5.74) is 5.21. The van der Waals surface area contributed by atoms with E-state index < -0.39 is 0 Å². The molecule has 1 saturated heterocycles. The summed E-state index contributed by atoms with van der Waals surface area (Å²) in [6, 6.07) is 12.2. The van der Waals surface area contributed by atoms with E-state index in [1.807, 2.05) is 38.4 Å². The van der Waals surface area contributed by atoms with E-state index in [2.05, 4.69) is 32.5 Å². The summed E-state index contributed by atoms with van der Waals surface area (Å²) in [6.45, 7) is 4.76. The number of imidazole rings is 1. The van der Waals surface area contributed by atoms with Crippen LogP contribution in [0.1, 0.15) is 36.5 Å². The van der Waals surface area contributed by atoms with Gasteiger partial charge in [0.25, 0.3) is 0 Å². The van der Waals surface area contributed by atoms with Crippen LogP contribution in [0.5, 0.6) is 5.75 Å². The van der Waals surface area contributed by atoms with Crippen molar-refractivity contribution in [3.8, 4) is 5.75 Å². The van der Waals surface area contributed by atoms with Gasteiger partial charge in [-0.3, -0.25) is 9.13 Å². The highest BCUT2D eigenvalue weighted by molar-refractivity contribution is 5.89. The van der Waals surface area contributed by atoms with Crippen LogP contribution in [-0.4, -0.2) is 32.4 Å². The SMILES string of the molecule is Cc1nc(COc2ccc(CNc3cc4c(cc3N3CCCCC3)n(C)c(=O)n4C)cc2)no1. The van der Waals surface area contributed by atoms with E-state index in [1.54, 1.807) is 16.1 Å². The fourth-order valence-corrected chi connectivity index (χ4v) is 4.52. The lowest BCUT2D eigenvalue weighted by Crippen LogP contribution is -2.30. The molecular weight excluding hydrogens is 432 g/mol. The van der Waals surface area contributed by atoms with Gasteiger partial charge in [-0.2, -0.15) is 4.98 Å². The summed E-state index contributed by atoms with van der Waals surface area (Å²) >= 11 is 0. The lowest BCUT2D eigenvalue weighted by molar-refractivity contribution is 0.285. The van der Waals surface area contributed by atoms with Gasteiger partial charge in [-0.05, 0) is 49.1 Å². The molecule has 1 aliphatic rings. The number of nitrogens with zero attached hydrogens (tertiary/aromatic N) is 5. The van der Waals surface area contributed by atoms with Crippen molar-refractivity contribution in [2.45, 2.75) is 39.3 Å². The van der Waals surface area contributed by atoms with Gasteiger partial charge in [-0.25, -0.2) is 4.79 Å². The Kier molecular flexibility index (Phi) is 6.00. The highest BCUT2D eigenvalue weighted by Crippen LogP contribution is 2.33. The van der Waals surface area contributed by atoms with Crippen molar-refractivity contribution >= 4 is 22.4 Å². The standard InChI is InChI=1S/C25H30N6O3/c1-17-27-24(28-34-17)16-33-19-9-7-18(8-10-19)15-26-20-13-22-23(30(3)25(32)29(22)2)14-21(20)31-11-5-4-6-12-31/h7-10,13-14,26H,4-6,11-12,15-16H2,1-3H3. The third kappa shape index (κ3) is 4.37. The van der Waals surface area contributed by atoms with Crippen LogP contribution in [0.4, 0.5) is 11.4 Å². The molecule has 9 nitrogen and oxygen atoms in total. The Labute approximate surface area is 197 Å². The second-order valence-electron chi connectivity index (χ2n) is 8.82. The number of rotatable bonds is 7. The zero-order chi connectivity index (χ0) is 23.7. The maximum atomic E-state index is 12.5. The number of anilines is 2. The van der Waals surface area contributed by atoms with Crippen molar-refractivity contribution in [2.75, 3.05) is 23.3 Å². The Hall–Kier alpha value is -3.75. The quantitative estimate of drug-likeness (QED) is 0.447. The zero-order valence-corrected chi connectivity index (χ0v) is 19.9. The van der Waals surface area contributed by atoms with Crippen LogP contribution in [0.15, 0.2) is 45.7 Å². The van der Waals surface area contributed by atoms with Gasteiger partial charge in [0.15, 0.2) is 6.61 Å². The van der Waals surface area contributed by atoms with Gasteiger partial charge >= 0.3 is 5.69 Å². The maximum Gasteiger partial charge on any atom is 0.328 e. The second-order valence-corrected chi connectivity index (χ2v) is 8.82. The number of hydrogen-bond donors (Lipinski definition) is 1. The monoisotopic (exact) mass is 462 g/mol. The third-order valence-electron chi connectivity index (χ3n) is 6.43. The molecule has 0 radical (unpaired) electrons. The first-order valence-electron chi connectivity index (χ1n) is 11.7. The minimum atomic E-state index is -0.0108. The van der Waals surface area contributed by atoms with E-state index in [0.717, 1.165) is 46.8 Å². The van der Waals surface area contributed by atoms with E-state index in [-0.39, 0.29) is 12.3 Å². The molecular formula is C25H30N6O3. The molecule has 178 valence electrons. The Bertz CT molecular complexity index is 1350. The van der Waals surface area contributed by atoms with Crippen LogP contribution in [0.25, 0.3) is 11.0 Å². The number of nitrogens with one attached hydrogen (secondary N) is 1. The Morgan fingerprint density at radius 2 is 1.74 bits per heavy atom. The number of piperidine rings is 1. The summed E-state index contributed by atoms with van der Waals surface area (Å²) in [4.78, 5) is 19.1. The molecule has 0 amide bonds. The fourth-order valence-electron chi connectivity index (χ4n) is 4.52. The molecule has 34 heavy (non-hydrogen) atoms. The van der Waals surface area contributed by atoms with Crippen LogP contribution < -0.4 is 20.6 Å². The van der Waals surface area contributed by atoms with Crippen molar-refractivity contribution in [3.05, 3.63) is 64.2 Å². The topological polar surface area (TPSA) is 90.3 Å². The average Bonchev–Trinajstić information content (AvgIpc) is 3.38. The lowest BCUT2D eigenvalue weighted by Gasteiger charge is -2.31. The van der Waals surface area contributed by atoms with Crippen LogP contribution in [0, 0.1) is 6.92 Å². The molecule has 0 aliphatic carbocycles. The summed E-state index contributed by atoms with van der Waals surface area (Å²) in [6.07, 6.45) is 3.65. The Morgan fingerprint density at radius 1 is 1.03 bits per heavy atom. The minimum absolute atomic E-state index is 0.0108. The number of hydrogen-bond acceptors (Lipinski definition) is 7. The molecule has 5 rings (SSSR count). The molecule has 2 aromatic carbocycles. The maximum absolute atomic E-state index is 12.5. The lowest BCUT2D eigenvalue weighted by atomic mass is 10.1. The van der Waals surface area contributed by atoms with Gasteiger partial charge < -0.3 is 19.5 Å². The van der Waals surface area contributed by atoms with E-state index in [1.165, 1.54) is 19.3 Å². The second kappa shape index (κ2) is 9.24. The van der Waals surface area contributed by atoms with Crippen LogP contribution in [-0.2, 0) is 27.2 Å². The van der Waals surface area contributed by atoms with Crippen molar-refractivity contribution in [1.29, 1.82) is 0 Å². The number of ether oxygens (including phenoxy) is 1. The minimum Gasteiger partial charge on any atom is -0.485 e. The molecule has 1 fully saturated rings. The molecule has 0 unspecified atom stereocenters. The summed E-state index contributed by atoms with van der Waals surface area (Å²) in [7, 11) is 3.66. The fraction of sp³-hybridized carbons (Fsp3) is 0.400. The van der Waals surface area contributed by atoms with Crippen LogP contribution >= 0.6 is 0 Å².